The molecule has 1 aliphatic heterocycles. The van der Waals surface area contributed by atoms with Gasteiger partial charge in [-0.25, -0.2) is 0 Å². The number of aryl methyl sites for hydroxylation is 1. The summed E-state index contributed by atoms with van der Waals surface area (Å²) in [6.45, 7) is 9.68. The van der Waals surface area contributed by atoms with Crippen molar-refractivity contribution in [2.75, 3.05) is 6.54 Å². The molecule has 1 saturated carbocycles. The molecule has 0 spiro atoms. The summed E-state index contributed by atoms with van der Waals surface area (Å²) in [5.41, 5.74) is 2.34. The van der Waals surface area contributed by atoms with Gasteiger partial charge in [-0.15, -0.1) is 0 Å². The van der Waals surface area contributed by atoms with E-state index in [2.05, 4.69) is 56.9 Å². The molecule has 1 aliphatic carbocycles. The van der Waals surface area contributed by atoms with Gasteiger partial charge in [0.25, 0.3) is 0 Å². The number of benzene rings is 1. The smallest absolute Gasteiger partial charge is 0.228 e. The van der Waals surface area contributed by atoms with Crippen LogP contribution in [0.1, 0.15) is 51.2 Å². The number of likely N-dealkylation sites (tertiary alicyclic amines) is 1. The Balaban J connectivity index is 1.66. The Labute approximate surface area is 151 Å². The molecule has 0 aromatic heterocycles. The second kappa shape index (κ2) is 7.19. The van der Waals surface area contributed by atoms with Gasteiger partial charge < -0.3 is 9.80 Å². The van der Waals surface area contributed by atoms with E-state index in [0.29, 0.717) is 31.5 Å². The monoisotopic (exact) mass is 342 g/mol. The van der Waals surface area contributed by atoms with Crippen LogP contribution in [0.5, 0.6) is 0 Å². The van der Waals surface area contributed by atoms with Gasteiger partial charge in [0, 0.05) is 31.6 Å². The lowest BCUT2D eigenvalue weighted by molar-refractivity contribution is -0.139. The molecule has 2 fully saturated rings. The van der Waals surface area contributed by atoms with Crippen molar-refractivity contribution in [3.05, 3.63) is 35.4 Å². The molecule has 1 aromatic carbocycles. The van der Waals surface area contributed by atoms with Gasteiger partial charge in [-0.2, -0.15) is 0 Å². The summed E-state index contributed by atoms with van der Waals surface area (Å²) < 4.78 is 0. The first-order valence-electron chi connectivity index (χ1n) is 9.52. The molecule has 0 radical (unpaired) electrons. The van der Waals surface area contributed by atoms with E-state index in [1.807, 2.05) is 4.90 Å². The van der Waals surface area contributed by atoms with E-state index in [1.165, 1.54) is 5.56 Å². The highest BCUT2D eigenvalue weighted by Gasteiger charge is 2.43. The normalized spacial score (nSPS) is 21.7. The van der Waals surface area contributed by atoms with Crippen molar-refractivity contribution in [3.8, 4) is 0 Å². The first kappa shape index (κ1) is 18.0. The number of amides is 2. The molecule has 2 atom stereocenters. The molecule has 1 heterocycles. The van der Waals surface area contributed by atoms with Crippen LogP contribution in [0.3, 0.4) is 0 Å². The first-order chi connectivity index (χ1) is 11.9. The Morgan fingerprint density at radius 2 is 1.84 bits per heavy atom. The number of nitrogens with zero attached hydrogens (tertiary/aromatic N) is 2. The summed E-state index contributed by atoms with van der Waals surface area (Å²) in [5.74, 6) is 0.542. The van der Waals surface area contributed by atoms with Crippen LogP contribution in [0.2, 0.25) is 0 Å². The van der Waals surface area contributed by atoms with E-state index in [1.54, 1.807) is 0 Å². The molecule has 25 heavy (non-hydrogen) atoms. The fourth-order valence-electron chi connectivity index (χ4n) is 3.60. The number of carbonyl (C=O) groups excluding carboxylic acids is 2. The van der Waals surface area contributed by atoms with Gasteiger partial charge in [-0.3, -0.25) is 9.59 Å². The topological polar surface area (TPSA) is 40.6 Å². The van der Waals surface area contributed by atoms with E-state index >= 15 is 0 Å². The fraction of sp³-hybridized carbons (Fsp3) is 0.619. The summed E-state index contributed by atoms with van der Waals surface area (Å²) in [4.78, 5) is 29.5. The highest BCUT2D eigenvalue weighted by Crippen LogP contribution is 2.34. The zero-order valence-corrected chi connectivity index (χ0v) is 15.9. The lowest BCUT2D eigenvalue weighted by Crippen LogP contribution is -2.46. The van der Waals surface area contributed by atoms with Crippen LogP contribution in [0, 0.1) is 18.8 Å². The van der Waals surface area contributed by atoms with Crippen LogP contribution in [-0.2, 0) is 16.1 Å². The van der Waals surface area contributed by atoms with E-state index in [-0.39, 0.29) is 23.8 Å². The summed E-state index contributed by atoms with van der Waals surface area (Å²) in [6, 6.07) is 8.90. The second-order valence-electron chi connectivity index (χ2n) is 8.12. The number of rotatable bonds is 6. The van der Waals surface area contributed by atoms with Crippen molar-refractivity contribution >= 4 is 11.8 Å². The highest BCUT2D eigenvalue weighted by atomic mass is 16.2. The van der Waals surface area contributed by atoms with Crippen molar-refractivity contribution in [1.82, 2.24) is 9.80 Å². The quantitative estimate of drug-likeness (QED) is 0.795. The van der Waals surface area contributed by atoms with Crippen molar-refractivity contribution in [3.63, 3.8) is 0 Å². The summed E-state index contributed by atoms with van der Waals surface area (Å²) in [6.07, 6.45) is 2.58. The van der Waals surface area contributed by atoms with Crippen LogP contribution in [0.25, 0.3) is 0 Å². The molecule has 0 bridgehead atoms. The van der Waals surface area contributed by atoms with Gasteiger partial charge in [0.1, 0.15) is 0 Å². The molecule has 4 heteroatoms. The number of carbonyl (C=O) groups is 2. The van der Waals surface area contributed by atoms with Crippen LogP contribution in [0.15, 0.2) is 24.3 Å². The molecule has 2 unspecified atom stereocenters. The predicted octanol–water partition coefficient (Wildman–Crippen LogP) is 3.38. The molecule has 1 saturated heterocycles. The zero-order valence-electron chi connectivity index (χ0n) is 15.9. The molecule has 3 rings (SSSR count). The van der Waals surface area contributed by atoms with E-state index in [0.717, 1.165) is 18.4 Å². The molecule has 1 aromatic rings. The van der Waals surface area contributed by atoms with Crippen molar-refractivity contribution in [2.45, 2.75) is 65.6 Å². The molecular formula is C21H30N2O2. The molecule has 136 valence electrons. The van der Waals surface area contributed by atoms with Crippen LogP contribution < -0.4 is 0 Å². The van der Waals surface area contributed by atoms with Crippen LogP contribution in [-0.4, -0.2) is 40.2 Å². The molecule has 2 amide bonds. The predicted molar refractivity (Wildman–Crippen MR) is 98.9 cm³/mol. The largest absolute Gasteiger partial charge is 0.338 e. The van der Waals surface area contributed by atoms with Gasteiger partial charge in [-0.1, -0.05) is 43.7 Å². The number of hydrogen-bond donors (Lipinski definition) is 0. The standard InChI is InChI=1S/C21H30N2O2/c1-14(2)16(4)23(19-9-10-19)21(25)18-11-20(24)22(13-18)12-17-7-5-15(3)6-8-17/h5-8,14,16,18-19H,9-13H2,1-4H3. The van der Waals surface area contributed by atoms with E-state index in [4.69, 9.17) is 0 Å². The average Bonchev–Trinajstić information content (AvgIpc) is 3.33. The fourth-order valence-corrected chi connectivity index (χ4v) is 3.60. The Bertz CT molecular complexity index is 634. The lowest BCUT2D eigenvalue weighted by Gasteiger charge is -2.34. The highest BCUT2D eigenvalue weighted by molar-refractivity contribution is 5.89. The Morgan fingerprint density at radius 1 is 1.20 bits per heavy atom. The Hall–Kier alpha value is -1.84. The van der Waals surface area contributed by atoms with E-state index < -0.39 is 0 Å². The Morgan fingerprint density at radius 3 is 2.40 bits per heavy atom. The third-order valence-electron chi connectivity index (χ3n) is 5.66. The van der Waals surface area contributed by atoms with Crippen molar-refractivity contribution in [1.29, 1.82) is 0 Å². The maximum Gasteiger partial charge on any atom is 0.228 e. The lowest BCUT2D eigenvalue weighted by atomic mass is 10.0. The van der Waals surface area contributed by atoms with Crippen LogP contribution >= 0.6 is 0 Å². The third-order valence-corrected chi connectivity index (χ3v) is 5.66. The minimum absolute atomic E-state index is 0.104. The Kier molecular flexibility index (Phi) is 5.16. The first-order valence-corrected chi connectivity index (χ1v) is 9.52. The van der Waals surface area contributed by atoms with Crippen molar-refractivity contribution < 1.29 is 9.59 Å². The average molecular weight is 342 g/mol. The van der Waals surface area contributed by atoms with Gasteiger partial charge in [-0.05, 0) is 38.2 Å². The molecule has 4 nitrogen and oxygen atoms in total. The molecule has 2 aliphatic rings. The van der Waals surface area contributed by atoms with Gasteiger partial charge in [0.2, 0.25) is 11.8 Å². The minimum atomic E-state index is -0.181. The maximum atomic E-state index is 13.1. The maximum absolute atomic E-state index is 13.1. The zero-order chi connectivity index (χ0) is 18.1. The van der Waals surface area contributed by atoms with Gasteiger partial charge in [0.05, 0.1) is 5.92 Å². The van der Waals surface area contributed by atoms with Gasteiger partial charge in [0.15, 0.2) is 0 Å². The summed E-state index contributed by atoms with van der Waals surface area (Å²) in [5, 5.41) is 0. The second-order valence-corrected chi connectivity index (χ2v) is 8.12. The SMILES string of the molecule is Cc1ccc(CN2CC(C(=O)N(C3CC3)C(C)C(C)C)CC2=O)cc1. The number of hydrogen-bond acceptors (Lipinski definition) is 2. The van der Waals surface area contributed by atoms with E-state index in [9.17, 15) is 9.59 Å². The van der Waals surface area contributed by atoms with Crippen molar-refractivity contribution in [2.24, 2.45) is 11.8 Å². The minimum Gasteiger partial charge on any atom is -0.338 e. The van der Waals surface area contributed by atoms with Crippen LogP contribution in [0.4, 0.5) is 0 Å². The molecule has 0 N–H and O–H groups in total. The summed E-state index contributed by atoms with van der Waals surface area (Å²) >= 11 is 0. The molecular weight excluding hydrogens is 312 g/mol. The van der Waals surface area contributed by atoms with Gasteiger partial charge >= 0.3 is 0 Å². The third kappa shape index (κ3) is 4.05. The summed E-state index contributed by atoms with van der Waals surface area (Å²) in [7, 11) is 0.